The lowest BCUT2D eigenvalue weighted by atomic mass is 10.1. The van der Waals surface area contributed by atoms with Gasteiger partial charge < -0.3 is 10.2 Å². The Labute approximate surface area is 111 Å². The highest BCUT2D eigenvalue weighted by Gasteiger charge is 2.16. The minimum atomic E-state index is 0. The molecule has 2 rings (SSSR count). The van der Waals surface area contributed by atoms with Gasteiger partial charge in [0.1, 0.15) is 0 Å². The normalized spacial score (nSPS) is 20.0. The van der Waals surface area contributed by atoms with Crippen LogP contribution in [0.1, 0.15) is 18.4 Å². The first-order valence-corrected chi connectivity index (χ1v) is 6.31. The number of likely N-dealkylation sites (N-methyl/N-ethyl adjacent to an activating group) is 1. The van der Waals surface area contributed by atoms with Crippen LogP contribution in [0.25, 0.3) is 0 Å². The number of rotatable bonds is 4. The van der Waals surface area contributed by atoms with Gasteiger partial charge in [-0.3, -0.25) is 0 Å². The van der Waals surface area contributed by atoms with E-state index in [1.165, 1.54) is 24.9 Å². The summed E-state index contributed by atoms with van der Waals surface area (Å²) in [5.74, 6) is 0. The van der Waals surface area contributed by atoms with E-state index in [1.54, 1.807) is 0 Å². The van der Waals surface area contributed by atoms with Crippen LogP contribution in [-0.4, -0.2) is 37.6 Å². The number of nitrogens with one attached hydrogen (secondary N) is 1. The molecule has 1 atom stereocenters. The molecule has 1 heterocycles. The van der Waals surface area contributed by atoms with Gasteiger partial charge in [-0.1, -0.05) is 30.3 Å². The topological polar surface area (TPSA) is 15.3 Å². The highest BCUT2D eigenvalue weighted by molar-refractivity contribution is 5.85. The van der Waals surface area contributed by atoms with Crippen LogP contribution in [0.3, 0.4) is 0 Å². The largest absolute Gasteiger partial charge is 0.315 e. The second-order valence-corrected chi connectivity index (χ2v) is 4.72. The van der Waals surface area contributed by atoms with Crippen LogP contribution in [0.4, 0.5) is 0 Å². The van der Waals surface area contributed by atoms with Crippen molar-refractivity contribution < 1.29 is 0 Å². The van der Waals surface area contributed by atoms with E-state index in [0.717, 1.165) is 25.6 Å². The predicted molar refractivity (Wildman–Crippen MR) is 75.9 cm³/mol. The van der Waals surface area contributed by atoms with Crippen molar-refractivity contribution in [2.45, 2.75) is 25.3 Å². The summed E-state index contributed by atoms with van der Waals surface area (Å²) in [5.41, 5.74) is 1.44. The molecule has 2 nitrogen and oxygen atoms in total. The van der Waals surface area contributed by atoms with Crippen molar-refractivity contribution in [1.82, 2.24) is 10.2 Å². The van der Waals surface area contributed by atoms with Crippen LogP contribution in [0.2, 0.25) is 0 Å². The third-order valence-electron chi connectivity index (χ3n) is 3.49. The molecule has 0 bridgehead atoms. The van der Waals surface area contributed by atoms with E-state index in [0.29, 0.717) is 0 Å². The van der Waals surface area contributed by atoms with E-state index in [4.69, 9.17) is 0 Å². The van der Waals surface area contributed by atoms with Crippen LogP contribution in [0, 0.1) is 0 Å². The third kappa shape index (κ3) is 4.66. The minimum Gasteiger partial charge on any atom is -0.315 e. The van der Waals surface area contributed by atoms with E-state index in [1.807, 2.05) is 0 Å². The van der Waals surface area contributed by atoms with E-state index in [-0.39, 0.29) is 12.4 Å². The Morgan fingerprint density at radius 2 is 2.06 bits per heavy atom. The highest BCUT2D eigenvalue weighted by atomic mass is 35.5. The SMILES string of the molecule is CN(CCc1ccccc1)C1CCCNC1.Cl. The van der Waals surface area contributed by atoms with E-state index < -0.39 is 0 Å². The van der Waals surface area contributed by atoms with E-state index >= 15 is 0 Å². The lowest BCUT2D eigenvalue weighted by Gasteiger charge is -2.31. The minimum absolute atomic E-state index is 0. The van der Waals surface area contributed by atoms with Crippen LogP contribution < -0.4 is 5.32 Å². The van der Waals surface area contributed by atoms with Gasteiger partial charge in [0.15, 0.2) is 0 Å². The van der Waals surface area contributed by atoms with Crippen molar-refractivity contribution in [3.63, 3.8) is 0 Å². The van der Waals surface area contributed by atoms with Crippen LogP contribution in [-0.2, 0) is 6.42 Å². The first kappa shape index (κ1) is 14.5. The number of hydrogen-bond donors (Lipinski definition) is 1. The molecule has 1 saturated heterocycles. The zero-order valence-corrected chi connectivity index (χ0v) is 11.4. The molecule has 1 aromatic rings. The summed E-state index contributed by atoms with van der Waals surface area (Å²) < 4.78 is 0. The van der Waals surface area contributed by atoms with Gasteiger partial charge in [-0.05, 0) is 38.4 Å². The van der Waals surface area contributed by atoms with Crippen molar-refractivity contribution in [2.24, 2.45) is 0 Å². The second kappa shape index (κ2) is 7.70. The number of nitrogens with zero attached hydrogens (tertiary/aromatic N) is 1. The lowest BCUT2D eigenvalue weighted by Crippen LogP contribution is -2.44. The second-order valence-electron chi connectivity index (χ2n) is 4.72. The van der Waals surface area contributed by atoms with Crippen molar-refractivity contribution >= 4 is 12.4 Å². The average molecular weight is 255 g/mol. The highest BCUT2D eigenvalue weighted by Crippen LogP contribution is 2.09. The molecule has 1 aliphatic rings. The molecule has 96 valence electrons. The van der Waals surface area contributed by atoms with Crippen LogP contribution in [0.5, 0.6) is 0 Å². The first-order chi connectivity index (χ1) is 7.86. The zero-order chi connectivity index (χ0) is 11.2. The van der Waals surface area contributed by atoms with Gasteiger partial charge in [-0.25, -0.2) is 0 Å². The Morgan fingerprint density at radius 1 is 1.29 bits per heavy atom. The van der Waals surface area contributed by atoms with Gasteiger partial charge in [-0.2, -0.15) is 0 Å². The summed E-state index contributed by atoms with van der Waals surface area (Å²) in [6.45, 7) is 3.52. The Balaban J connectivity index is 0.00000144. The summed E-state index contributed by atoms with van der Waals surface area (Å²) in [7, 11) is 2.25. The Morgan fingerprint density at radius 3 is 2.71 bits per heavy atom. The Kier molecular flexibility index (Phi) is 6.56. The molecule has 1 N–H and O–H groups in total. The number of hydrogen-bond acceptors (Lipinski definition) is 2. The Hall–Kier alpha value is -0.570. The summed E-state index contributed by atoms with van der Waals surface area (Å²) in [6.07, 6.45) is 3.83. The monoisotopic (exact) mass is 254 g/mol. The number of benzene rings is 1. The van der Waals surface area contributed by atoms with Gasteiger partial charge in [-0.15, -0.1) is 12.4 Å². The molecule has 1 aromatic carbocycles. The van der Waals surface area contributed by atoms with Gasteiger partial charge in [0.25, 0.3) is 0 Å². The Bertz CT molecular complexity index is 296. The maximum absolute atomic E-state index is 3.47. The van der Waals surface area contributed by atoms with E-state index in [9.17, 15) is 0 Å². The van der Waals surface area contributed by atoms with Crippen molar-refractivity contribution in [2.75, 3.05) is 26.7 Å². The fraction of sp³-hybridized carbons (Fsp3) is 0.571. The summed E-state index contributed by atoms with van der Waals surface area (Å²) >= 11 is 0. The summed E-state index contributed by atoms with van der Waals surface area (Å²) in [4.78, 5) is 2.50. The van der Waals surface area contributed by atoms with Crippen molar-refractivity contribution in [3.05, 3.63) is 35.9 Å². The van der Waals surface area contributed by atoms with Crippen LogP contribution in [0.15, 0.2) is 30.3 Å². The average Bonchev–Trinajstić information content (AvgIpc) is 2.38. The summed E-state index contributed by atoms with van der Waals surface area (Å²) in [5, 5.41) is 3.47. The molecule has 3 heteroatoms. The number of piperidine rings is 1. The molecule has 1 aliphatic heterocycles. The molecule has 17 heavy (non-hydrogen) atoms. The van der Waals surface area contributed by atoms with Crippen LogP contribution >= 0.6 is 12.4 Å². The molecule has 0 amide bonds. The molecule has 0 aliphatic carbocycles. The predicted octanol–water partition coefficient (Wildman–Crippen LogP) is 2.33. The quantitative estimate of drug-likeness (QED) is 0.887. The molecule has 0 saturated carbocycles. The molecule has 1 unspecified atom stereocenters. The fourth-order valence-electron chi connectivity index (χ4n) is 2.34. The molecule has 0 radical (unpaired) electrons. The smallest absolute Gasteiger partial charge is 0.0218 e. The van der Waals surface area contributed by atoms with Crippen molar-refractivity contribution in [1.29, 1.82) is 0 Å². The zero-order valence-electron chi connectivity index (χ0n) is 10.6. The molecular weight excluding hydrogens is 232 g/mol. The molecule has 0 aromatic heterocycles. The molecular formula is C14H23ClN2. The van der Waals surface area contributed by atoms with Crippen molar-refractivity contribution in [3.8, 4) is 0 Å². The standard InChI is InChI=1S/C14H22N2.ClH/c1-16(14-8-5-10-15-12-14)11-9-13-6-3-2-4-7-13;/h2-4,6-7,14-15H,5,8-12H2,1H3;1H. The van der Waals surface area contributed by atoms with Gasteiger partial charge in [0.2, 0.25) is 0 Å². The van der Waals surface area contributed by atoms with Gasteiger partial charge >= 0.3 is 0 Å². The molecule has 1 fully saturated rings. The summed E-state index contributed by atoms with van der Waals surface area (Å²) in [6, 6.07) is 11.5. The fourth-order valence-corrected chi connectivity index (χ4v) is 2.34. The van der Waals surface area contributed by atoms with Gasteiger partial charge in [0, 0.05) is 19.1 Å². The number of halogens is 1. The maximum atomic E-state index is 3.47. The molecule has 0 spiro atoms. The maximum Gasteiger partial charge on any atom is 0.0218 e. The lowest BCUT2D eigenvalue weighted by molar-refractivity contribution is 0.205. The first-order valence-electron chi connectivity index (χ1n) is 6.31. The van der Waals surface area contributed by atoms with Gasteiger partial charge in [0.05, 0.1) is 0 Å². The van der Waals surface area contributed by atoms with E-state index in [2.05, 4.69) is 47.6 Å². The third-order valence-corrected chi connectivity index (χ3v) is 3.49.